The highest BCUT2D eigenvalue weighted by molar-refractivity contribution is 4.85. The van der Waals surface area contributed by atoms with Crippen molar-refractivity contribution in [1.82, 2.24) is 0 Å². The first kappa shape index (κ1) is 8.60. The molecule has 0 bridgehead atoms. The van der Waals surface area contributed by atoms with E-state index in [9.17, 15) is 8.78 Å². The smallest absolute Gasteiger partial charge is 0.174 e. The van der Waals surface area contributed by atoms with Crippen molar-refractivity contribution in [2.24, 2.45) is 5.92 Å². The van der Waals surface area contributed by atoms with Crippen molar-refractivity contribution in [1.29, 1.82) is 0 Å². The molecule has 0 fully saturated rings. The Kier molecular flexibility index (Phi) is 4.28. The molecule has 1 atom stereocenters. The Hall–Kier alpha value is -0.400. The number of halogens is 2. The summed E-state index contributed by atoms with van der Waals surface area (Å²) in [6, 6.07) is 0. The molecule has 0 aliphatic heterocycles. The van der Waals surface area contributed by atoms with Crippen molar-refractivity contribution in [3.05, 3.63) is 12.2 Å². The van der Waals surface area contributed by atoms with E-state index >= 15 is 0 Å². The van der Waals surface area contributed by atoms with Crippen molar-refractivity contribution in [2.75, 3.05) is 0 Å². The van der Waals surface area contributed by atoms with Gasteiger partial charge < -0.3 is 0 Å². The number of rotatable bonds is 3. The van der Waals surface area contributed by atoms with Gasteiger partial charge in [-0.3, -0.25) is 0 Å². The first-order chi connectivity index (χ1) is 4.16. The van der Waals surface area contributed by atoms with Crippen LogP contribution in [0.25, 0.3) is 0 Å². The standard InChI is InChI=1S/C7H12F2/c1-3-4-6(2)5-7(8)9/h5-6H,3-4H2,1-2H3. The molecule has 0 rings (SSSR count). The average Bonchev–Trinajstić information content (AvgIpc) is 1.63. The molecule has 1 unspecified atom stereocenters. The summed E-state index contributed by atoms with van der Waals surface area (Å²) in [5.41, 5.74) is 0. The van der Waals surface area contributed by atoms with E-state index in [0.29, 0.717) is 0 Å². The molecule has 0 aromatic carbocycles. The summed E-state index contributed by atoms with van der Waals surface area (Å²) < 4.78 is 22.9. The molecule has 0 aliphatic rings. The second kappa shape index (κ2) is 4.48. The van der Waals surface area contributed by atoms with E-state index in [1.54, 1.807) is 6.92 Å². The number of hydrogen-bond acceptors (Lipinski definition) is 0. The summed E-state index contributed by atoms with van der Waals surface area (Å²) in [4.78, 5) is 0. The van der Waals surface area contributed by atoms with Gasteiger partial charge in [-0.2, -0.15) is 8.78 Å². The Bertz CT molecular complexity index is 93.1. The summed E-state index contributed by atoms with van der Waals surface area (Å²) >= 11 is 0. The molecular formula is C7H12F2. The second-order valence-electron chi connectivity index (χ2n) is 2.22. The minimum absolute atomic E-state index is 0.0278. The lowest BCUT2D eigenvalue weighted by Gasteiger charge is -1.99. The van der Waals surface area contributed by atoms with E-state index < -0.39 is 6.08 Å². The minimum atomic E-state index is -1.56. The molecule has 0 nitrogen and oxygen atoms in total. The highest BCUT2D eigenvalue weighted by Gasteiger charge is 1.97. The van der Waals surface area contributed by atoms with Crippen molar-refractivity contribution >= 4 is 0 Å². The van der Waals surface area contributed by atoms with E-state index in [1.807, 2.05) is 6.92 Å². The normalized spacial score (nSPS) is 12.9. The average molecular weight is 134 g/mol. The second-order valence-corrected chi connectivity index (χ2v) is 2.22. The van der Waals surface area contributed by atoms with Crippen LogP contribution in [0.5, 0.6) is 0 Å². The van der Waals surface area contributed by atoms with Gasteiger partial charge >= 0.3 is 0 Å². The lowest BCUT2D eigenvalue weighted by molar-refractivity contribution is 0.408. The molecule has 0 aromatic heterocycles. The lowest BCUT2D eigenvalue weighted by Crippen LogP contribution is -1.87. The van der Waals surface area contributed by atoms with Crippen molar-refractivity contribution in [2.45, 2.75) is 26.7 Å². The van der Waals surface area contributed by atoms with Crippen LogP contribution in [-0.4, -0.2) is 0 Å². The summed E-state index contributed by atoms with van der Waals surface area (Å²) in [6.45, 7) is 3.78. The van der Waals surface area contributed by atoms with Gasteiger partial charge in [0.1, 0.15) is 0 Å². The summed E-state index contributed by atoms with van der Waals surface area (Å²) in [5, 5.41) is 0. The molecule has 0 aliphatic carbocycles. The third-order valence-electron chi connectivity index (χ3n) is 1.15. The van der Waals surface area contributed by atoms with Crippen LogP contribution in [0, 0.1) is 5.92 Å². The van der Waals surface area contributed by atoms with Crippen LogP contribution in [0.4, 0.5) is 8.78 Å². The molecule has 0 N–H and O–H groups in total. The Balaban J connectivity index is 3.49. The van der Waals surface area contributed by atoms with Crippen LogP contribution in [0.3, 0.4) is 0 Å². The Morgan fingerprint density at radius 3 is 2.44 bits per heavy atom. The fourth-order valence-corrected chi connectivity index (χ4v) is 0.754. The molecule has 54 valence electrons. The Morgan fingerprint density at radius 2 is 2.11 bits per heavy atom. The van der Waals surface area contributed by atoms with Gasteiger partial charge in [0.2, 0.25) is 0 Å². The largest absolute Gasteiger partial charge is 0.266 e. The minimum Gasteiger partial charge on any atom is -0.174 e. The molecule has 0 radical (unpaired) electrons. The SMILES string of the molecule is CCCC(C)C=C(F)F. The molecule has 9 heavy (non-hydrogen) atoms. The van der Waals surface area contributed by atoms with Crippen LogP contribution in [-0.2, 0) is 0 Å². The fraction of sp³-hybridized carbons (Fsp3) is 0.714. The van der Waals surface area contributed by atoms with Gasteiger partial charge in [0.15, 0.2) is 0 Å². The van der Waals surface area contributed by atoms with Gasteiger partial charge in [0, 0.05) is 0 Å². The van der Waals surface area contributed by atoms with Gasteiger partial charge in [-0.15, -0.1) is 0 Å². The molecule has 0 saturated heterocycles. The van der Waals surface area contributed by atoms with Gasteiger partial charge in [0.05, 0.1) is 0 Å². The molecular weight excluding hydrogens is 122 g/mol. The van der Waals surface area contributed by atoms with Gasteiger partial charge in [-0.1, -0.05) is 20.3 Å². The van der Waals surface area contributed by atoms with E-state index in [1.165, 1.54) is 0 Å². The zero-order chi connectivity index (χ0) is 7.28. The predicted octanol–water partition coefficient (Wildman–Crippen LogP) is 3.20. The molecule has 0 amide bonds. The fourth-order valence-electron chi connectivity index (χ4n) is 0.754. The van der Waals surface area contributed by atoms with Crippen LogP contribution < -0.4 is 0 Å². The maximum Gasteiger partial charge on any atom is 0.266 e. The van der Waals surface area contributed by atoms with Crippen LogP contribution in [0.2, 0.25) is 0 Å². The molecule has 0 heterocycles. The van der Waals surface area contributed by atoms with Gasteiger partial charge in [-0.25, -0.2) is 0 Å². The summed E-state index contributed by atoms with van der Waals surface area (Å²) in [5.74, 6) is 0.0278. The number of hydrogen-bond donors (Lipinski definition) is 0. The third-order valence-corrected chi connectivity index (χ3v) is 1.15. The van der Waals surface area contributed by atoms with Crippen LogP contribution in [0.15, 0.2) is 12.2 Å². The van der Waals surface area contributed by atoms with Crippen molar-refractivity contribution < 1.29 is 8.78 Å². The van der Waals surface area contributed by atoms with E-state index in [-0.39, 0.29) is 5.92 Å². The highest BCUT2D eigenvalue weighted by atomic mass is 19.3. The topological polar surface area (TPSA) is 0 Å². The quantitative estimate of drug-likeness (QED) is 0.556. The highest BCUT2D eigenvalue weighted by Crippen LogP contribution is 2.10. The van der Waals surface area contributed by atoms with Crippen molar-refractivity contribution in [3.63, 3.8) is 0 Å². The zero-order valence-corrected chi connectivity index (χ0v) is 5.82. The zero-order valence-electron chi connectivity index (χ0n) is 5.82. The molecule has 0 spiro atoms. The Labute approximate surface area is 54.6 Å². The first-order valence-electron chi connectivity index (χ1n) is 3.19. The van der Waals surface area contributed by atoms with Gasteiger partial charge in [-0.05, 0) is 18.4 Å². The molecule has 0 saturated carbocycles. The summed E-state index contributed by atoms with van der Waals surface area (Å²) in [7, 11) is 0. The first-order valence-corrected chi connectivity index (χ1v) is 3.19. The van der Waals surface area contributed by atoms with Crippen LogP contribution in [0.1, 0.15) is 26.7 Å². The summed E-state index contributed by atoms with van der Waals surface area (Å²) in [6.07, 6.45) is 1.25. The monoisotopic (exact) mass is 134 g/mol. The van der Waals surface area contributed by atoms with E-state index in [4.69, 9.17) is 0 Å². The van der Waals surface area contributed by atoms with E-state index in [0.717, 1.165) is 18.9 Å². The van der Waals surface area contributed by atoms with Crippen molar-refractivity contribution in [3.8, 4) is 0 Å². The maximum absolute atomic E-state index is 11.5. The van der Waals surface area contributed by atoms with Gasteiger partial charge in [0.25, 0.3) is 6.08 Å². The van der Waals surface area contributed by atoms with Crippen LogP contribution >= 0.6 is 0 Å². The molecule has 2 heteroatoms. The number of allylic oxidation sites excluding steroid dienone is 1. The lowest BCUT2D eigenvalue weighted by atomic mass is 10.1. The third kappa shape index (κ3) is 5.47. The predicted molar refractivity (Wildman–Crippen MR) is 34.4 cm³/mol. The molecule has 0 aromatic rings. The van der Waals surface area contributed by atoms with E-state index in [2.05, 4.69) is 0 Å². The maximum atomic E-state index is 11.5. The Morgan fingerprint density at radius 1 is 1.56 bits per heavy atom.